The molecule has 6 radical (unpaired) electrons. The van der Waals surface area contributed by atoms with Crippen molar-refractivity contribution >= 4 is 39.1 Å². The topological polar surface area (TPSA) is 534 Å². The van der Waals surface area contributed by atoms with Crippen molar-refractivity contribution in [2.24, 2.45) is 42.3 Å². The fourth-order valence-corrected chi connectivity index (χ4v) is 13.7. The second-order valence-electron chi connectivity index (χ2n) is 29.5. The number of aryl methyl sites for hydroxylation is 12. The van der Waals surface area contributed by atoms with Gasteiger partial charge in [0.15, 0.2) is 35.3 Å². The molecule has 1 aliphatic carbocycles. The molecular formula is C82H79BrCl2F2N36O12Y6-6. The van der Waals surface area contributed by atoms with Gasteiger partial charge in [-0.25, -0.2) is 37.5 Å². The number of aromatic nitrogens is 36. The number of ether oxygens (including phenoxy) is 6. The maximum atomic E-state index is 13.8. The van der Waals surface area contributed by atoms with Crippen molar-refractivity contribution in [1.29, 1.82) is 0 Å². The van der Waals surface area contributed by atoms with E-state index < -0.39 is 23.0 Å². The Bertz CT molecular complexity index is 7270. The monoisotopic (exact) mass is 2480 g/mol. The summed E-state index contributed by atoms with van der Waals surface area (Å²) in [5.74, 6) is 1.70. The van der Waals surface area contributed by atoms with E-state index in [1.807, 2.05) is 95.3 Å². The molecule has 0 bridgehead atoms. The number of tetrazole rings is 6. The fraction of sp³-hybridized carbons (Fsp3) is 0.268. The molecule has 718 valence electrons. The van der Waals surface area contributed by atoms with Crippen LogP contribution in [-0.4, -0.2) is 149 Å². The molecule has 48 nitrogen and oxygen atoms in total. The van der Waals surface area contributed by atoms with E-state index in [1.54, 1.807) is 64.6 Å². The molecule has 18 aromatic rings. The average molecular weight is 2480 g/mol. The van der Waals surface area contributed by atoms with Crippen LogP contribution in [0.3, 0.4) is 0 Å². The van der Waals surface area contributed by atoms with Crippen LogP contribution >= 0.6 is 39.1 Å². The molecule has 0 spiro atoms. The van der Waals surface area contributed by atoms with Crippen LogP contribution in [-0.2, 0) is 285 Å². The molecule has 0 aliphatic heterocycles. The molecule has 0 unspecified atom stereocenters. The molecule has 0 N–H and O–H groups in total. The third kappa shape index (κ3) is 29.1. The van der Waals surface area contributed by atoms with Gasteiger partial charge < -0.3 is 89.6 Å². The minimum Gasteiger partial charge on any atom is -0.579 e. The summed E-state index contributed by atoms with van der Waals surface area (Å²) in [5, 5.41) is 91.1. The Kier molecular flexibility index (Phi) is 44.7. The Morgan fingerprint density at radius 1 is 0.348 bits per heavy atom. The first kappa shape index (κ1) is 116. The Morgan fingerprint density at radius 2 is 0.652 bits per heavy atom. The first-order valence-electron chi connectivity index (χ1n) is 40.5. The molecule has 1 fully saturated rings. The number of benzene rings is 6. The first-order valence-corrected chi connectivity index (χ1v) is 42.1. The van der Waals surface area contributed by atoms with Crippen molar-refractivity contribution in [2.75, 3.05) is 0 Å². The second-order valence-corrected chi connectivity index (χ2v) is 31.0. The number of nitrogens with zero attached hydrogens (tertiary/aromatic N) is 36. The summed E-state index contributed by atoms with van der Waals surface area (Å²) < 4.78 is 75.3. The van der Waals surface area contributed by atoms with E-state index in [4.69, 9.17) is 51.6 Å². The number of halogens is 5. The quantitative estimate of drug-likeness (QED) is 0.0709. The molecule has 6 aromatic carbocycles. The van der Waals surface area contributed by atoms with Gasteiger partial charge in [0.05, 0.1) is 43.6 Å². The normalized spacial score (nSPS) is 11.0. The average Bonchev–Trinajstić information content (AvgIpc) is 1.67. The summed E-state index contributed by atoms with van der Waals surface area (Å²) in [7, 11) is 9.16. The maximum absolute atomic E-state index is 13.8. The van der Waals surface area contributed by atoms with Gasteiger partial charge in [0, 0.05) is 272 Å². The van der Waals surface area contributed by atoms with Crippen LogP contribution in [0.5, 0.6) is 35.3 Å². The van der Waals surface area contributed by atoms with Crippen molar-refractivity contribution in [1.82, 2.24) is 180 Å². The molecule has 12 heterocycles. The zero-order chi connectivity index (χ0) is 95.8. The van der Waals surface area contributed by atoms with Crippen molar-refractivity contribution in [3.63, 3.8) is 0 Å². The predicted molar refractivity (Wildman–Crippen MR) is 474 cm³/mol. The van der Waals surface area contributed by atoms with Gasteiger partial charge in [0.25, 0.3) is 0 Å². The SMILES string of the molecule is CCc1cccc(-n2nnn(C)c2=O)c1COc1cc(C)[n-]n1.Cc1cc(OCc2c(C)cccc2-n2nnn(C)c2=O)n[n-]1.Cc1cc(OCc2c(C3CC3)cccc2-n2nnn(C)c2=O)n[n-]1.Cc1cccc(-n2nnn(C)c2=O)c1COc1cc(Cl)[n-]n1.Cn1nnn(-c2ccc(F)c(Br)c2COc2cc[n-]n2)c1=O.Cn1nnn(-c2ccc(F)c(Cl)c2COc2cc[n-]n2)c1=O.[Y].[Y].[Y].[Y].[Y].[Y]. The standard InChI is InChI=1S/C16H17N6O2.C15H17N6O2.C14H15N6O2.C13H12ClN6O2.C12H9BrFN6O2.C12H9ClFN6O2.6Y/c1-10-8-15(18-17-10)24-9-13-12(11-6-7-11)4-3-5-14(13)22-16(23)21(2)19-20-22;1-4-11-6-5-7-13(21-15(22)20(3)18-19-21)12(11)9-23-14-8-10(2)16-17-14;1-9-5-4-6-12(20-14(21)19(3)17-18-20)11(9)8-22-13-7-10(2)15-16-13;1-8-4-3-5-10(20-13(21)19(2)17-18-20)9(8)7-22-12-6-11(14)15-16-12;2*1-19-12(21)20(18-17-19)9-3-2-8(14)11(13)7(9)6-22-10-4-5-15-16-10;;;;;;/h3-5,8,11H,6-7,9H2,1-2H3;5-8H,4,9H2,1-3H3;4-7H,8H2,1-3H3;3-6H,7H2,1-2H3;2*2-5H,6H2,1H3;;;;;;/q6*-1;;;;;;. The molecule has 59 heteroatoms. The Labute approximate surface area is 966 Å². The number of hydrogen-bond acceptors (Lipinski definition) is 30. The second kappa shape index (κ2) is 54.2. The fourth-order valence-electron chi connectivity index (χ4n) is 12.9. The molecule has 0 saturated heterocycles. The van der Waals surface area contributed by atoms with Gasteiger partial charge in [-0.15, -0.1) is 28.7 Å². The Hall–Kier alpha value is -9.86. The third-order valence-corrected chi connectivity index (χ3v) is 21.6. The summed E-state index contributed by atoms with van der Waals surface area (Å²) in [4.78, 5) is 72.4. The number of rotatable bonds is 26. The van der Waals surface area contributed by atoms with E-state index in [-0.39, 0.29) is 284 Å². The van der Waals surface area contributed by atoms with Gasteiger partial charge in [0.2, 0.25) is 0 Å². The zero-order valence-corrected chi connectivity index (χ0v) is 97.3. The van der Waals surface area contributed by atoms with Gasteiger partial charge >= 0.3 is 34.1 Å². The van der Waals surface area contributed by atoms with E-state index in [0.29, 0.717) is 75.9 Å². The van der Waals surface area contributed by atoms with Crippen LogP contribution in [0.2, 0.25) is 10.2 Å². The van der Waals surface area contributed by atoms with Gasteiger partial charge in [-0.1, -0.05) is 87.8 Å². The van der Waals surface area contributed by atoms with Crippen molar-refractivity contribution in [3.05, 3.63) is 308 Å². The molecule has 1 aliphatic rings. The van der Waals surface area contributed by atoms with Crippen molar-refractivity contribution < 1.29 is 233 Å². The molecule has 0 atom stereocenters. The predicted octanol–water partition coefficient (Wildman–Crippen LogP) is 4.70. The van der Waals surface area contributed by atoms with Crippen molar-refractivity contribution in [2.45, 2.75) is 106 Å². The van der Waals surface area contributed by atoms with Gasteiger partial charge in [-0.05, 0) is 230 Å². The van der Waals surface area contributed by atoms with Gasteiger partial charge in [-0.3, -0.25) is 0 Å². The molecule has 19 rings (SSSR count). The summed E-state index contributed by atoms with van der Waals surface area (Å²) in [6.07, 6.45) is 6.05. The minimum absolute atomic E-state index is 0. The van der Waals surface area contributed by atoms with Crippen LogP contribution in [0, 0.1) is 46.3 Å². The van der Waals surface area contributed by atoms with E-state index >= 15 is 0 Å². The van der Waals surface area contributed by atoms with E-state index in [2.05, 4.69) is 153 Å². The van der Waals surface area contributed by atoms with Crippen LogP contribution < -0.4 is 93.2 Å². The number of hydrogen-bond donors (Lipinski definition) is 0. The van der Waals surface area contributed by atoms with Crippen LogP contribution in [0.25, 0.3) is 34.1 Å². The van der Waals surface area contributed by atoms with Gasteiger partial charge in [-0.2, -0.15) is 68.6 Å². The summed E-state index contributed by atoms with van der Waals surface area (Å²) in [6, 6.07) is 37.9. The van der Waals surface area contributed by atoms with Crippen LogP contribution in [0.1, 0.15) is 98.4 Å². The van der Waals surface area contributed by atoms with Crippen LogP contribution in [0.4, 0.5) is 8.78 Å². The zero-order valence-electron chi connectivity index (χ0n) is 77.2. The van der Waals surface area contributed by atoms with E-state index in [1.165, 1.54) is 89.1 Å². The minimum atomic E-state index is -0.630. The summed E-state index contributed by atoms with van der Waals surface area (Å²) in [5.41, 5.74) is 11.9. The maximum Gasteiger partial charge on any atom is 0.368 e. The molecular weight excluding hydrogens is 2400 g/mol. The van der Waals surface area contributed by atoms with Gasteiger partial charge in [0.1, 0.15) is 51.3 Å². The molecule has 0 amide bonds. The molecule has 12 aromatic heterocycles. The largest absolute Gasteiger partial charge is 0.579 e. The smallest absolute Gasteiger partial charge is 0.368 e. The Balaban J connectivity index is 0.000000205. The first-order chi connectivity index (χ1) is 65.0. The van der Waals surface area contributed by atoms with Crippen molar-refractivity contribution in [3.8, 4) is 69.4 Å². The Morgan fingerprint density at radius 3 is 0.986 bits per heavy atom. The third-order valence-electron chi connectivity index (χ3n) is 20.1. The summed E-state index contributed by atoms with van der Waals surface area (Å²) >= 11 is 14.9. The van der Waals surface area contributed by atoms with Crippen LogP contribution in [0.15, 0.2) is 179 Å². The summed E-state index contributed by atoms with van der Waals surface area (Å²) in [6.45, 7) is 12.4. The van der Waals surface area contributed by atoms with E-state index in [0.717, 1.165) is 105 Å². The molecule has 1 saturated carbocycles. The van der Waals surface area contributed by atoms with E-state index in [9.17, 15) is 37.5 Å². The molecule has 141 heavy (non-hydrogen) atoms.